The van der Waals surface area contributed by atoms with Crippen LogP contribution in [0, 0.1) is 0 Å². The predicted molar refractivity (Wildman–Crippen MR) is 32.7 cm³/mol. The molecule has 0 fully saturated rings. The third-order valence-electron chi connectivity index (χ3n) is 1.33. The predicted octanol–water partition coefficient (Wildman–Crippen LogP) is -0.542. The second kappa shape index (κ2) is 3.61. The summed E-state index contributed by atoms with van der Waals surface area (Å²) in [5.41, 5.74) is 0. The lowest BCUT2D eigenvalue weighted by molar-refractivity contribution is -0.796. The summed E-state index contributed by atoms with van der Waals surface area (Å²) in [7, 11) is 1.89. The quantitative estimate of drug-likeness (QED) is 0.514. The minimum atomic E-state index is 0.299. The van der Waals surface area contributed by atoms with Crippen LogP contribution in [0.3, 0.4) is 0 Å². The first-order valence-electron chi connectivity index (χ1n) is 3.08. The Bertz CT molecular complexity index is 80.6. The van der Waals surface area contributed by atoms with Gasteiger partial charge in [0.05, 0.1) is 20.0 Å². The van der Waals surface area contributed by atoms with E-state index in [-0.39, 0.29) is 0 Å². The molecule has 0 aromatic rings. The van der Waals surface area contributed by atoms with E-state index in [1.807, 2.05) is 20.9 Å². The van der Waals surface area contributed by atoms with Gasteiger partial charge in [-0.15, -0.1) is 0 Å². The van der Waals surface area contributed by atoms with Gasteiger partial charge in [-0.25, -0.2) is 4.79 Å². The zero-order chi connectivity index (χ0) is 6.57. The van der Waals surface area contributed by atoms with Crippen LogP contribution in [-0.2, 0) is 4.79 Å². The Labute approximate surface area is 50.5 Å². The number of rotatable bonds is 2. The standard InChI is InChI=1S/C6H13NO/c1-4-6(8)7(3)5-2/h4-5H2,1-3H3/p+1. The fourth-order valence-electron chi connectivity index (χ4n) is 0.499. The van der Waals surface area contributed by atoms with Gasteiger partial charge < -0.3 is 0 Å². The molecule has 0 heterocycles. The van der Waals surface area contributed by atoms with E-state index < -0.39 is 0 Å². The van der Waals surface area contributed by atoms with E-state index in [1.54, 1.807) is 0 Å². The monoisotopic (exact) mass is 116 g/mol. The lowest BCUT2D eigenvalue weighted by Gasteiger charge is -2.04. The van der Waals surface area contributed by atoms with Crippen molar-refractivity contribution in [3.8, 4) is 0 Å². The Hall–Kier alpha value is -0.370. The molecule has 48 valence electrons. The average molecular weight is 116 g/mol. The smallest absolute Gasteiger partial charge is 0.275 e. The Morgan fingerprint density at radius 3 is 2.12 bits per heavy atom. The van der Waals surface area contributed by atoms with E-state index >= 15 is 0 Å². The van der Waals surface area contributed by atoms with Gasteiger partial charge in [0.25, 0.3) is 0 Å². The summed E-state index contributed by atoms with van der Waals surface area (Å²) in [5.74, 6) is 0.299. The Balaban J connectivity index is 3.46. The summed E-state index contributed by atoms with van der Waals surface area (Å²) in [6.07, 6.45) is 0.652. The van der Waals surface area contributed by atoms with Gasteiger partial charge in [0.1, 0.15) is 0 Å². The summed E-state index contributed by atoms with van der Waals surface area (Å²) in [6.45, 7) is 4.79. The number of carbonyl (C=O) groups excluding carboxylic acids is 1. The van der Waals surface area contributed by atoms with E-state index in [1.165, 1.54) is 0 Å². The molecule has 0 radical (unpaired) electrons. The van der Waals surface area contributed by atoms with Crippen molar-refractivity contribution in [2.24, 2.45) is 0 Å². The van der Waals surface area contributed by atoms with Gasteiger partial charge in [-0.2, -0.15) is 0 Å². The minimum Gasteiger partial charge on any atom is -0.275 e. The van der Waals surface area contributed by atoms with Crippen LogP contribution in [0.25, 0.3) is 0 Å². The van der Waals surface area contributed by atoms with E-state index in [2.05, 4.69) is 0 Å². The number of nitrogens with one attached hydrogen (secondary N) is 1. The number of carbonyl (C=O) groups is 1. The third-order valence-corrected chi connectivity index (χ3v) is 1.33. The molecule has 0 aromatic carbocycles. The first-order valence-corrected chi connectivity index (χ1v) is 3.08. The summed E-state index contributed by atoms with van der Waals surface area (Å²) in [5, 5.41) is 0. The fourth-order valence-corrected chi connectivity index (χ4v) is 0.499. The van der Waals surface area contributed by atoms with Crippen LogP contribution in [-0.4, -0.2) is 19.5 Å². The molecule has 0 rings (SSSR count). The largest absolute Gasteiger partial charge is 0.311 e. The maximum Gasteiger partial charge on any atom is 0.311 e. The van der Waals surface area contributed by atoms with Crippen molar-refractivity contribution in [1.29, 1.82) is 0 Å². The molecule has 2 heteroatoms. The first kappa shape index (κ1) is 7.63. The summed E-state index contributed by atoms with van der Waals surface area (Å²) >= 11 is 0. The fraction of sp³-hybridized carbons (Fsp3) is 0.833. The normalized spacial score (nSPS) is 13.4. The Morgan fingerprint density at radius 2 is 2.00 bits per heavy atom. The van der Waals surface area contributed by atoms with Crippen LogP contribution in [0.2, 0.25) is 0 Å². The van der Waals surface area contributed by atoms with Crippen LogP contribution in [0.5, 0.6) is 0 Å². The van der Waals surface area contributed by atoms with E-state index in [9.17, 15) is 4.79 Å². The van der Waals surface area contributed by atoms with Gasteiger partial charge in [0.15, 0.2) is 0 Å². The van der Waals surface area contributed by atoms with Gasteiger partial charge in [-0.05, 0) is 6.92 Å². The van der Waals surface area contributed by atoms with Crippen LogP contribution in [0.1, 0.15) is 20.3 Å². The lowest BCUT2D eigenvalue weighted by Crippen LogP contribution is -3.11. The molecule has 1 unspecified atom stereocenters. The van der Waals surface area contributed by atoms with Crippen molar-refractivity contribution in [2.75, 3.05) is 13.6 Å². The number of hydrogen-bond acceptors (Lipinski definition) is 1. The van der Waals surface area contributed by atoms with E-state index in [4.69, 9.17) is 0 Å². The zero-order valence-corrected chi connectivity index (χ0v) is 5.82. The summed E-state index contributed by atoms with van der Waals surface area (Å²) < 4.78 is 0. The lowest BCUT2D eigenvalue weighted by atomic mass is 10.4. The van der Waals surface area contributed by atoms with Crippen molar-refractivity contribution >= 4 is 5.91 Å². The zero-order valence-electron chi connectivity index (χ0n) is 5.82. The highest BCUT2D eigenvalue weighted by Gasteiger charge is 2.06. The van der Waals surface area contributed by atoms with Gasteiger partial charge in [0, 0.05) is 0 Å². The van der Waals surface area contributed by atoms with Crippen molar-refractivity contribution in [3.05, 3.63) is 0 Å². The average Bonchev–Trinajstić information content (AvgIpc) is 1.84. The highest BCUT2D eigenvalue weighted by atomic mass is 16.2. The molecule has 0 saturated heterocycles. The van der Waals surface area contributed by atoms with Crippen LogP contribution in [0.15, 0.2) is 0 Å². The van der Waals surface area contributed by atoms with Gasteiger partial charge >= 0.3 is 5.91 Å². The first-order chi connectivity index (χ1) is 3.72. The van der Waals surface area contributed by atoms with Crippen molar-refractivity contribution in [1.82, 2.24) is 0 Å². The van der Waals surface area contributed by atoms with Gasteiger partial charge in [0.2, 0.25) is 0 Å². The van der Waals surface area contributed by atoms with E-state index in [0.717, 1.165) is 11.4 Å². The summed E-state index contributed by atoms with van der Waals surface area (Å²) in [6, 6.07) is 0. The molecule has 1 atom stereocenters. The highest BCUT2D eigenvalue weighted by Crippen LogP contribution is 1.65. The molecule has 0 saturated carbocycles. The van der Waals surface area contributed by atoms with Crippen LogP contribution in [0.4, 0.5) is 0 Å². The second-order valence-electron chi connectivity index (χ2n) is 1.91. The maximum absolute atomic E-state index is 10.7. The molecule has 0 aliphatic rings. The Kier molecular flexibility index (Phi) is 3.44. The molecule has 2 nitrogen and oxygen atoms in total. The molecule has 1 amide bonds. The van der Waals surface area contributed by atoms with E-state index in [0.29, 0.717) is 12.3 Å². The number of quaternary nitrogens is 1. The second-order valence-corrected chi connectivity index (χ2v) is 1.91. The molecule has 1 N–H and O–H groups in total. The third kappa shape index (κ3) is 2.07. The molecular weight excluding hydrogens is 102 g/mol. The molecular formula is C6H14NO+. The molecule has 0 aromatic heterocycles. The topological polar surface area (TPSA) is 21.5 Å². The molecule has 0 spiro atoms. The van der Waals surface area contributed by atoms with Crippen molar-refractivity contribution < 1.29 is 9.69 Å². The summed E-state index contributed by atoms with van der Waals surface area (Å²) in [4.78, 5) is 11.7. The SMILES string of the molecule is CCC(=O)[NH+](C)CC. The van der Waals surface area contributed by atoms with Gasteiger partial charge in [-0.1, -0.05) is 6.92 Å². The van der Waals surface area contributed by atoms with Crippen LogP contribution >= 0.6 is 0 Å². The molecule has 8 heavy (non-hydrogen) atoms. The number of hydrogen-bond donors (Lipinski definition) is 1. The minimum absolute atomic E-state index is 0.299. The number of amides is 1. The Morgan fingerprint density at radius 1 is 1.50 bits per heavy atom. The molecule has 0 bridgehead atoms. The van der Waals surface area contributed by atoms with Crippen molar-refractivity contribution in [3.63, 3.8) is 0 Å². The van der Waals surface area contributed by atoms with Crippen molar-refractivity contribution in [2.45, 2.75) is 20.3 Å². The van der Waals surface area contributed by atoms with Gasteiger partial charge in [-0.3, -0.25) is 4.90 Å². The van der Waals surface area contributed by atoms with Crippen LogP contribution < -0.4 is 4.90 Å². The maximum atomic E-state index is 10.7. The molecule has 0 aliphatic heterocycles. The molecule has 0 aliphatic carbocycles. The highest BCUT2D eigenvalue weighted by molar-refractivity contribution is 5.65.